The Labute approximate surface area is 94.3 Å². The van der Waals surface area contributed by atoms with Gasteiger partial charge in [-0.2, -0.15) is 0 Å². The fraction of sp³-hybridized carbons (Fsp3) is 0.667. The summed E-state index contributed by atoms with van der Waals surface area (Å²) < 4.78 is -0.361. The van der Waals surface area contributed by atoms with E-state index >= 15 is 0 Å². The van der Waals surface area contributed by atoms with Crippen molar-refractivity contribution >= 4 is 40.7 Å². The maximum absolute atomic E-state index is 11.2. The van der Waals surface area contributed by atoms with Crippen LogP contribution in [0.3, 0.4) is 0 Å². The van der Waals surface area contributed by atoms with Gasteiger partial charge in [0.05, 0.1) is 0 Å². The molecule has 4 N–H and O–H groups in total. The summed E-state index contributed by atoms with van der Waals surface area (Å²) in [4.78, 5) is 21.8. The number of hydrogen-bond donors (Lipinski definition) is 4. The molecule has 0 aromatic rings. The van der Waals surface area contributed by atoms with Crippen LogP contribution in [0.1, 0.15) is 0 Å². The number of carbonyl (C=O) groups is 2. The summed E-state index contributed by atoms with van der Waals surface area (Å²) in [5, 5.41) is 26.2. The van der Waals surface area contributed by atoms with E-state index in [0.29, 0.717) is 0 Å². The van der Waals surface area contributed by atoms with Crippen molar-refractivity contribution in [3.63, 3.8) is 0 Å². The molecule has 0 fully saturated rings. The summed E-state index contributed by atoms with van der Waals surface area (Å²) >= 11 is 6.62. The van der Waals surface area contributed by atoms with E-state index < -0.39 is 30.6 Å². The zero-order valence-electron chi connectivity index (χ0n) is 7.08. The van der Waals surface area contributed by atoms with Gasteiger partial charge in [-0.3, -0.25) is 0 Å². The molecule has 0 saturated carbocycles. The first kappa shape index (κ1) is 13.9. The maximum atomic E-state index is 11.2. The standard InChI is InChI=1S/C6H11NO5SSe/c8-1-4(9)5(10)7(13)3(2-14)6(11)12/h3-4,7-9,14H,1-2H2,(H,11,12)/t3-,4?/m0/s1. The van der Waals surface area contributed by atoms with E-state index in [2.05, 4.69) is 12.8 Å². The molecule has 82 valence electrons. The number of quaternary nitrogens is 1. The van der Waals surface area contributed by atoms with Crippen molar-refractivity contribution in [1.82, 2.24) is 0 Å². The summed E-state index contributed by atoms with van der Waals surface area (Å²) in [5.74, 6) is -2.12. The summed E-state index contributed by atoms with van der Waals surface area (Å²) in [6.07, 6.45) is -1.62. The summed E-state index contributed by atoms with van der Waals surface area (Å²) in [5.41, 5.74) is 0. The molecule has 14 heavy (non-hydrogen) atoms. The van der Waals surface area contributed by atoms with Gasteiger partial charge in [-0.05, 0) is 0 Å². The number of rotatable bonds is 5. The molecule has 3 atom stereocenters. The van der Waals surface area contributed by atoms with Gasteiger partial charge in [0.2, 0.25) is 0 Å². The van der Waals surface area contributed by atoms with Gasteiger partial charge < -0.3 is 0 Å². The van der Waals surface area contributed by atoms with Gasteiger partial charge in [0.25, 0.3) is 0 Å². The Kier molecular flexibility index (Phi) is 6.34. The Bertz CT molecular complexity index is 226. The van der Waals surface area contributed by atoms with E-state index in [9.17, 15) is 9.59 Å². The van der Waals surface area contributed by atoms with E-state index in [1.807, 2.05) is 16.0 Å². The van der Waals surface area contributed by atoms with Gasteiger partial charge in [0.1, 0.15) is 0 Å². The average molecular weight is 288 g/mol. The second-order valence-corrected chi connectivity index (χ2v) is 3.71. The molecule has 0 spiro atoms. The molecule has 0 aliphatic carbocycles. The Morgan fingerprint density at radius 2 is 2.00 bits per heavy atom. The molecule has 2 unspecified atom stereocenters. The summed E-state index contributed by atoms with van der Waals surface area (Å²) in [7, 11) is 0. The third-order valence-electron chi connectivity index (χ3n) is 1.52. The van der Waals surface area contributed by atoms with Crippen LogP contribution in [0.15, 0.2) is 0 Å². The first-order chi connectivity index (χ1) is 6.45. The van der Waals surface area contributed by atoms with Crippen LogP contribution < -0.4 is 4.31 Å². The van der Waals surface area contributed by atoms with Gasteiger partial charge in [-0.15, -0.1) is 0 Å². The van der Waals surface area contributed by atoms with Gasteiger partial charge >= 0.3 is 94.0 Å². The molecule has 0 heterocycles. The molecule has 0 aromatic heterocycles. The normalized spacial score (nSPS) is 17.1. The molecule has 0 radical (unpaired) electrons. The third kappa shape index (κ3) is 3.56. The van der Waals surface area contributed by atoms with E-state index in [1.54, 1.807) is 0 Å². The van der Waals surface area contributed by atoms with Crippen molar-refractivity contribution < 1.29 is 29.2 Å². The Morgan fingerprint density at radius 1 is 1.50 bits per heavy atom. The number of amides is 1. The van der Waals surface area contributed by atoms with E-state index in [4.69, 9.17) is 15.3 Å². The predicted octanol–water partition coefficient (Wildman–Crippen LogP) is -4.01. The number of carboxylic acids is 1. The molecule has 0 aromatic carbocycles. The average Bonchev–Trinajstić information content (AvgIpc) is 2.15. The quantitative estimate of drug-likeness (QED) is 0.304. The van der Waals surface area contributed by atoms with Crippen molar-refractivity contribution in [2.75, 3.05) is 6.61 Å². The van der Waals surface area contributed by atoms with Crippen molar-refractivity contribution in [3.8, 4) is 0 Å². The Morgan fingerprint density at radius 3 is 2.29 bits per heavy atom. The fourth-order valence-corrected chi connectivity index (χ4v) is 1.99. The van der Waals surface area contributed by atoms with Crippen LogP contribution in [-0.2, 0) is 22.4 Å². The van der Waals surface area contributed by atoms with Gasteiger partial charge in [0.15, 0.2) is 0 Å². The number of aliphatic hydroxyl groups is 2. The van der Waals surface area contributed by atoms with E-state index in [0.717, 1.165) is 0 Å². The topological polar surface area (TPSA) is 99.3 Å². The van der Waals surface area contributed by atoms with Crippen molar-refractivity contribution in [1.29, 1.82) is 0 Å². The van der Waals surface area contributed by atoms with Crippen LogP contribution in [-0.4, -0.2) is 62.0 Å². The molecule has 0 aliphatic heterocycles. The number of aliphatic hydroxyl groups excluding tert-OH is 2. The van der Waals surface area contributed by atoms with Crippen LogP contribution in [0.4, 0.5) is 0 Å². The molecule has 0 aliphatic rings. The van der Waals surface area contributed by atoms with Crippen molar-refractivity contribution in [2.24, 2.45) is 0 Å². The molecule has 0 saturated heterocycles. The van der Waals surface area contributed by atoms with Gasteiger partial charge in [-0.1, -0.05) is 0 Å². The van der Waals surface area contributed by atoms with Crippen LogP contribution in [0.5, 0.6) is 0 Å². The third-order valence-corrected chi connectivity index (χ3v) is 2.77. The summed E-state index contributed by atoms with van der Waals surface area (Å²) in [6, 6.07) is -1.10. The molecule has 0 rings (SSSR count). The minimum atomic E-state index is -1.62. The van der Waals surface area contributed by atoms with Gasteiger partial charge in [-0.25, -0.2) is 0 Å². The number of hydrogen-bond acceptors (Lipinski definition) is 5. The first-order valence-electron chi connectivity index (χ1n) is 3.66. The second-order valence-electron chi connectivity index (χ2n) is 2.50. The SMILES string of the molecule is O=C(O)[C@H](C[SeH])[NH+]([S-])C(=O)C(O)CO. The zero-order chi connectivity index (χ0) is 11.3. The van der Waals surface area contributed by atoms with E-state index in [-0.39, 0.29) is 9.62 Å². The number of aliphatic carboxylic acids is 1. The molecular formula is C6H11NO5SSe. The Hall–Kier alpha value is -0.111. The van der Waals surface area contributed by atoms with Crippen LogP contribution in [0, 0.1) is 0 Å². The van der Waals surface area contributed by atoms with E-state index in [1.165, 1.54) is 0 Å². The molecular weight excluding hydrogens is 277 g/mol. The minimum absolute atomic E-state index is 0.116. The molecule has 0 bridgehead atoms. The molecule has 1 amide bonds. The molecule has 6 nitrogen and oxygen atoms in total. The fourth-order valence-electron chi connectivity index (χ4n) is 0.692. The zero-order valence-corrected chi connectivity index (χ0v) is 9.78. The summed E-state index contributed by atoms with van der Waals surface area (Å²) in [6.45, 7) is -0.760. The Balaban J connectivity index is 4.49. The molecule has 8 heteroatoms. The predicted molar refractivity (Wildman–Crippen MR) is 49.8 cm³/mol. The second kappa shape index (κ2) is 6.39. The number of nitrogens with one attached hydrogen (secondary N) is 1. The van der Waals surface area contributed by atoms with Crippen LogP contribution in [0.25, 0.3) is 0 Å². The van der Waals surface area contributed by atoms with Crippen molar-refractivity contribution in [2.45, 2.75) is 17.5 Å². The monoisotopic (exact) mass is 289 g/mol. The van der Waals surface area contributed by atoms with Crippen molar-refractivity contribution in [3.05, 3.63) is 0 Å². The van der Waals surface area contributed by atoms with Crippen LogP contribution in [0.2, 0.25) is 5.32 Å². The van der Waals surface area contributed by atoms with Gasteiger partial charge in [0, 0.05) is 0 Å². The number of carbonyl (C=O) groups excluding carboxylic acids is 1. The number of carboxylic acid groups (broad SMARTS) is 1. The first-order valence-corrected chi connectivity index (χ1v) is 5.39. The van der Waals surface area contributed by atoms with Crippen LogP contribution >= 0.6 is 0 Å².